The molecule has 0 spiro atoms. The van der Waals surface area contributed by atoms with Gasteiger partial charge in [0.1, 0.15) is 0 Å². The minimum atomic E-state index is 0.671. The van der Waals surface area contributed by atoms with Crippen LogP contribution in [0.3, 0.4) is 0 Å². The Morgan fingerprint density at radius 2 is 2.06 bits per heavy atom. The van der Waals surface area contributed by atoms with E-state index in [0.29, 0.717) is 5.92 Å². The number of rotatable bonds is 3. The molecule has 1 unspecified atom stereocenters. The van der Waals surface area contributed by atoms with Gasteiger partial charge in [-0.15, -0.1) is 0 Å². The molecule has 18 heavy (non-hydrogen) atoms. The van der Waals surface area contributed by atoms with E-state index in [4.69, 9.17) is 0 Å². The van der Waals surface area contributed by atoms with Crippen LogP contribution in [0.15, 0.2) is 46.9 Å². The number of hydrogen-bond acceptors (Lipinski definition) is 1. The van der Waals surface area contributed by atoms with Crippen LogP contribution >= 0.6 is 15.9 Å². The molecule has 1 aliphatic carbocycles. The van der Waals surface area contributed by atoms with Crippen LogP contribution in [0.5, 0.6) is 0 Å². The summed E-state index contributed by atoms with van der Waals surface area (Å²) in [5, 5.41) is 3.53. The lowest BCUT2D eigenvalue weighted by Gasteiger charge is -2.30. The molecule has 92 valence electrons. The lowest BCUT2D eigenvalue weighted by atomic mass is 9.77. The molecular formula is C16H16BrN. The molecule has 2 aromatic carbocycles. The third kappa shape index (κ3) is 2.17. The molecule has 0 radical (unpaired) electrons. The molecule has 0 bridgehead atoms. The zero-order chi connectivity index (χ0) is 12.5. The van der Waals surface area contributed by atoms with Crippen molar-refractivity contribution in [2.75, 3.05) is 11.9 Å². The van der Waals surface area contributed by atoms with Gasteiger partial charge < -0.3 is 5.32 Å². The first-order valence-electron chi connectivity index (χ1n) is 6.32. The standard InChI is InChI=1S/C16H16BrN/c1-11-8-14(6-7-16(11)17)18-10-13-9-12-4-2-3-5-15(12)13/h2-8,13,18H,9-10H2,1H3. The topological polar surface area (TPSA) is 12.0 Å². The number of benzene rings is 2. The average molecular weight is 302 g/mol. The monoisotopic (exact) mass is 301 g/mol. The van der Waals surface area contributed by atoms with Crippen molar-refractivity contribution in [1.29, 1.82) is 0 Å². The second kappa shape index (κ2) is 4.77. The molecule has 2 heteroatoms. The molecule has 1 atom stereocenters. The average Bonchev–Trinajstić information content (AvgIpc) is 2.35. The van der Waals surface area contributed by atoms with Crippen molar-refractivity contribution >= 4 is 21.6 Å². The van der Waals surface area contributed by atoms with Crippen LogP contribution in [-0.2, 0) is 6.42 Å². The van der Waals surface area contributed by atoms with Crippen LogP contribution in [-0.4, -0.2) is 6.54 Å². The molecule has 1 nitrogen and oxygen atoms in total. The third-order valence-corrected chi connectivity index (χ3v) is 4.56. The first kappa shape index (κ1) is 11.8. The summed E-state index contributed by atoms with van der Waals surface area (Å²) in [5.41, 5.74) is 5.50. The van der Waals surface area contributed by atoms with Crippen LogP contribution in [0.1, 0.15) is 22.6 Å². The van der Waals surface area contributed by atoms with E-state index in [1.54, 1.807) is 0 Å². The van der Waals surface area contributed by atoms with Gasteiger partial charge in [-0.1, -0.05) is 40.2 Å². The fourth-order valence-corrected chi connectivity index (χ4v) is 2.79. The largest absolute Gasteiger partial charge is 0.384 e. The SMILES string of the molecule is Cc1cc(NCC2Cc3ccccc32)ccc1Br. The molecular weight excluding hydrogens is 286 g/mol. The Bertz CT molecular complexity index is 577. The Labute approximate surface area is 116 Å². The van der Waals surface area contributed by atoms with Crippen LogP contribution in [0.25, 0.3) is 0 Å². The van der Waals surface area contributed by atoms with Gasteiger partial charge in [0.2, 0.25) is 0 Å². The van der Waals surface area contributed by atoms with Crippen molar-refractivity contribution in [2.45, 2.75) is 19.3 Å². The highest BCUT2D eigenvalue weighted by Crippen LogP contribution is 2.34. The van der Waals surface area contributed by atoms with Crippen molar-refractivity contribution in [3.05, 3.63) is 63.6 Å². The molecule has 0 saturated heterocycles. The van der Waals surface area contributed by atoms with Crippen molar-refractivity contribution < 1.29 is 0 Å². The van der Waals surface area contributed by atoms with E-state index in [1.807, 2.05) is 0 Å². The van der Waals surface area contributed by atoms with Gasteiger partial charge in [0, 0.05) is 22.6 Å². The van der Waals surface area contributed by atoms with Gasteiger partial charge in [0.05, 0.1) is 0 Å². The Balaban J connectivity index is 1.65. The summed E-state index contributed by atoms with van der Waals surface area (Å²) in [6.07, 6.45) is 1.21. The van der Waals surface area contributed by atoms with Gasteiger partial charge in [-0.2, -0.15) is 0 Å². The summed E-state index contributed by atoms with van der Waals surface area (Å²) in [4.78, 5) is 0. The van der Waals surface area contributed by atoms with E-state index < -0.39 is 0 Å². The molecule has 0 aromatic heterocycles. The smallest absolute Gasteiger partial charge is 0.0343 e. The number of nitrogens with one attached hydrogen (secondary N) is 1. The number of aryl methyl sites for hydroxylation is 1. The highest BCUT2D eigenvalue weighted by Gasteiger charge is 2.24. The predicted octanol–water partition coefficient (Wildman–Crippen LogP) is 4.51. The van der Waals surface area contributed by atoms with Crippen molar-refractivity contribution in [3.63, 3.8) is 0 Å². The van der Waals surface area contributed by atoms with Gasteiger partial charge in [0.15, 0.2) is 0 Å². The molecule has 1 aliphatic rings. The summed E-state index contributed by atoms with van der Waals surface area (Å²) in [6, 6.07) is 15.2. The van der Waals surface area contributed by atoms with E-state index in [-0.39, 0.29) is 0 Å². The van der Waals surface area contributed by atoms with Crippen LogP contribution in [0.2, 0.25) is 0 Å². The lowest BCUT2D eigenvalue weighted by molar-refractivity contribution is 0.636. The highest BCUT2D eigenvalue weighted by molar-refractivity contribution is 9.10. The summed E-state index contributed by atoms with van der Waals surface area (Å²) < 4.78 is 1.17. The normalized spacial score (nSPS) is 16.9. The van der Waals surface area contributed by atoms with Crippen molar-refractivity contribution in [1.82, 2.24) is 0 Å². The predicted molar refractivity (Wildman–Crippen MR) is 80.3 cm³/mol. The van der Waals surface area contributed by atoms with Gasteiger partial charge in [0.25, 0.3) is 0 Å². The maximum Gasteiger partial charge on any atom is 0.0343 e. The second-order valence-electron chi connectivity index (χ2n) is 4.94. The second-order valence-corrected chi connectivity index (χ2v) is 5.80. The molecule has 1 N–H and O–H groups in total. The number of halogens is 1. The maximum atomic E-state index is 3.53. The first-order valence-corrected chi connectivity index (χ1v) is 7.11. The molecule has 3 rings (SSSR count). The van der Waals surface area contributed by atoms with Gasteiger partial charge in [-0.3, -0.25) is 0 Å². The number of fused-ring (bicyclic) bond motifs is 1. The molecule has 0 heterocycles. The number of anilines is 1. The van der Waals surface area contributed by atoms with E-state index in [0.717, 1.165) is 6.54 Å². The summed E-state index contributed by atoms with van der Waals surface area (Å²) >= 11 is 3.53. The van der Waals surface area contributed by atoms with Crippen molar-refractivity contribution in [2.24, 2.45) is 0 Å². The summed E-state index contributed by atoms with van der Waals surface area (Å²) in [6.45, 7) is 3.14. The van der Waals surface area contributed by atoms with Gasteiger partial charge in [-0.25, -0.2) is 0 Å². The maximum absolute atomic E-state index is 3.53. The van der Waals surface area contributed by atoms with Crippen LogP contribution in [0.4, 0.5) is 5.69 Å². The molecule has 2 aromatic rings. The van der Waals surface area contributed by atoms with Crippen molar-refractivity contribution in [3.8, 4) is 0 Å². The molecule has 0 fully saturated rings. The summed E-state index contributed by atoms with van der Waals surface area (Å²) in [5.74, 6) is 0.671. The minimum Gasteiger partial charge on any atom is -0.384 e. The Kier molecular flexibility index (Phi) is 3.13. The Morgan fingerprint density at radius 1 is 1.22 bits per heavy atom. The van der Waals surface area contributed by atoms with Crippen LogP contribution < -0.4 is 5.32 Å². The molecule has 0 aliphatic heterocycles. The molecule has 0 amide bonds. The van der Waals surface area contributed by atoms with Gasteiger partial charge in [-0.05, 0) is 48.2 Å². The Hall–Kier alpha value is -1.28. The third-order valence-electron chi connectivity index (χ3n) is 3.67. The zero-order valence-corrected chi connectivity index (χ0v) is 12.0. The fourth-order valence-electron chi connectivity index (χ4n) is 2.54. The van der Waals surface area contributed by atoms with E-state index in [2.05, 4.69) is 70.6 Å². The summed E-state index contributed by atoms with van der Waals surface area (Å²) in [7, 11) is 0. The lowest BCUT2D eigenvalue weighted by Crippen LogP contribution is -2.24. The quantitative estimate of drug-likeness (QED) is 0.879. The Morgan fingerprint density at radius 3 is 2.83 bits per heavy atom. The minimum absolute atomic E-state index is 0.671. The van der Waals surface area contributed by atoms with E-state index in [1.165, 1.54) is 33.3 Å². The number of hydrogen-bond donors (Lipinski definition) is 1. The molecule has 0 saturated carbocycles. The van der Waals surface area contributed by atoms with Gasteiger partial charge >= 0.3 is 0 Å². The fraction of sp³-hybridized carbons (Fsp3) is 0.250. The first-order chi connectivity index (χ1) is 8.74. The van der Waals surface area contributed by atoms with E-state index in [9.17, 15) is 0 Å². The van der Waals surface area contributed by atoms with Crippen LogP contribution in [0, 0.1) is 6.92 Å². The highest BCUT2D eigenvalue weighted by atomic mass is 79.9. The zero-order valence-electron chi connectivity index (χ0n) is 10.4. The van der Waals surface area contributed by atoms with E-state index >= 15 is 0 Å².